The van der Waals surface area contributed by atoms with Gasteiger partial charge in [0, 0.05) is 19.2 Å². The smallest absolute Gasteiger partial charge is 0.313 e. The van der Waals surface area contributed by atoms with Crippen LogP contribution in [0.15, 0.2) is 11.4 Å². The Bertz CT molecular complexity index is 632. The molecule has 0 atom stereocenters. The number of carboxylic acid groups (broad SMARTS) is 1. The molecule has 2 heterocycles. The molecule has 108 valence electrons. The van der Waals surface area contributed by atoms with Crippen LogP contribution in [0.4, 0.5) is 0 Å². The quantitative estimate of drug-likeness (QED) is 0.843. The van der Waals surface area contributed by atoms with E-state index >= 15 is 0 Å². The zero-order valence-corrected chi connectivity index (χ0v) is 12.7. The molecular formula is C12H17N5O2S. The van der Waals surface area contributed by atoms with Gasteiger partial charge >= 0.3 is 5.97 Å². The molecule has 0 aliphatic heterocycles. The minimum atomic E-state index is -0.876. The molecule has 20 heavy (non-hydrogen) atoms. The van der Waals surface area contributed by atoms with Crippen LogP contribution in [-0.2, 0) is 11.8 Å². The molecule has 8 heteroatoms. The fourth-order valence-corrected chi connectivity index (χ4v) is 2.58. The van der Waals surface area contributed by atoms with E-state index in [0.717, 1.165) is 29.0 Å². The molecule has 0 saturated heterocycles. The van der Waals surface area contributed by atoms with Gasteiger partial charge in [-0.05, 0) is 6.92 Å². The molecule has 1 N–H and O–H groups in total. The molecular weight excluding hydrogens is 278 g/mol. The van der Waals surface area contributed by atoms with Crippen LogP contribution < -0.4 is 0 Å². The van der Waals surface area contributed by atoms with Crippen molar-refractivity contribution in [2.75, 3.05) is 5.75 Å². The van der Waals surface area contributed by atoms with Crippen molar-refractivity contribution in [3.05, 3.63) is 17.7 Å². The molecule has 0 saturated carbocycles. The van der Waals surface area contributed by atoms with Crippen molar-refractivity contribution in [1.29, 1.82) is 0 Å². The molecule has 2 rings (SSSR count). The third-order valence-corrected chi connectivity index (χ3v) is 3.64. The topological polar surface area (TPSA) is 85.8 Å². The largest absolute Gasteiger partial charge is 0.481 e. The van der Waals surface area contributed by atoms with Crippen molar-refractivity contribution in [3.63, 3.8) is 0 Å². The summed E-state index contributed by atoms with van der Waals surface area (Å²) in [5.41, 5.74) is 1.74. The molecule has 0 bridgehead atoms. The standard InChI is InChI=1S/C12H17N5O2S/c1-7(2)11-13-14-12(20-6-10(18)19)17(11)9-5-16(4)15-8(9)3/h5,7H,6H2,1-4H3,(H,18,19). The van der Waals surface area contributed by atoms with Gasteiger partial charge in [-0.2, -0.15) is 5.10 Å². The normalized spacial score (nSPS) is 11.2. The molecule has 2 aromatic rings. The molecule has 0 unspecified atom stereocenters. The van der Waals surface area contributed by atoms with E-state index < -0.39 is 5.97 Å². The van der Waals surface area contributed by atoms with E-state index in [9.17, 15) is 4.79 Å². The van der Waals surface area contributed by atoms with Crippen molar-refractivity contribution in [1.82, 2.24) is 24.5 Å². The number of nitrogens with zero attached hydrogens (tertiary/aromatic N) is 5. The highest BCUT2D eigenvalue weighted by Gasteiger charge is 2.20. The summed E-state index contributed by atoms with van der Waals surface area (Å²) < 4.78 is 3.61. The van der Waals surface area contributed by atoms with Crippen LogP contribution in [0.5, 0.6) is 0 Å². The average molecular weight is 295 g/mol. The minimum Gasteiger partial charge on any atom is -0.481 e. The van der Waals surface area contributed by atoms with Gasteiger partial charge in [-0.25, -0.2) is 0 Å². The Morgan fingerprint density at radius 2 is 2.15 bits per heavy atom. The first-order chi connectivity index (χ1) is 9.40. The number of aryl methyl sites for hydroxylation is 2. The van der Waals surface area contributed by atoms with Crippen LogP contribution in [0.25, 0.3) is 5.69 Å². The zero-order chi connectivity index (χ0) is 14.9. The second kappa shape index (κ2) is 5.66. The highest BCUT2D eigenvalue weighted by molar-refractivity contribution is 7.99. The Labute approximate surface area is 121 Å². The Balaban J connectivity index is 2.49. The third-order valence-electron chi connectivity index (χ3n) is 2.73. The second-order valence-corrected chi connectivity index (χ2v) is 5.73. The average Bonchev–Trinajstić information content (AvgIpc) is 2.89. The number of aliphatic carboxylic acids is 1. The third kappa shape index (κ3) is 2.84. The lowest BCUT2D eigenvalue weighted by Gasteiger charge is -2.10. The Kier molecular flexibility index (Phi) is 4.12. The Hall–Kier alpha value is -1.83. The van der Waals surface area contributed by atoms with E-state index in [-0.39, 0.29) is 11.7 Å². The van der Waals surface area contributed by atoms with E-state index in [1.807, 2.05) is 38.6 Å². The lowest BCUT2D eigenvalue weighted by molar-refractivity contribution is -0.133. The number of carbonyl (C=O) groups is 1. The highest BCUT2D eigenvalue weighted by atomic mass is 32.2. The van der Waals surface area contributed by atoms with Gasteiger partial charge in [-0.1, -0.05) is 25.6 Å². The molecule has 0 amide bonds. The molecule has 0 aromatic carbocycles. The van der Waals surface area contributed by atoms with Gasteiger partial charge in [-0.15, -0.1) is 10.2 Å². The van der Waals surface area contributed by atoms with Crippen LogP contribution in [-0.4, -0.2) is 41.4 Å². The monoisotopic (exact) mass is 295 g/mol. The van der Waals surface area contributed by atoms with Crippen molar-refractivity contribution in [3.8, 4) is 5.69 Å². The van der Waals surface area contributed by atoms with Gasteiger partial charge in [0.15, 0.2) is 5.16 Å². The Morgan fingerprint density at radius 3 is 2.65 bits per heavy atom. The molecule has 0 fully saturated rings. The summed E-state index contributed by atoms with van der Waals surface area (Å²) in [4.78, 5) is 10.7. The summed E-state index contributed by atoms with van der Waals surface area (Å²) in [6.45, 7) is 5.96. The van der Waals surface area contributed by atoms with Gasteiger partial charge in [0.05, 0.1) is 17.1 Å². The SMILES string of the molecule is Cc1nn(C)cc1-n1c(SCC(=O)O)nnc1C(C)C. The first-order valence-electron chi connectivity index (χ1n) is 6.20. The lowest BCUT2D eigenvalue weighted by Crippen LogP contribution is -2.06. The van der Waals surface area contributed by atoms with Gasteiger partial charge in [0.2, 0.25) is 0 Å². The summed E-state index contributed by atoms with van der Waals surface area (Å²) in [6, 6.07) is 0. The predicted molar refractivity (Wildman–Crippen MR) is 75.3 cm³/mol. The van der Waals surface area contributed by atoms with Crippen LogP contribution in [0.2, 0.25) is 0 Å². The van der Waals surface area contributed by atoms with Gasteiger partial charge < -0.3 is 5.11 Å². The fraction of sp³-hybridized carbons (Fsp3) is 0.500. The van der Waals surface area contributed by atoms with Gasteiger partial charge in [-0.3, -0.25) is 14.0 Å². The predicted octanol–water partition coefficient (Wildman–Crippen LogP) is 1.61. The van der Waals surface area contributed by atoms with Crippen LogP contribution in [0, 0.1) is 6.92 Å². The zero-order valence-electron chi connectivity index (χ0n) is 11.9. The van der Waals surface area contributed by atoms with Crippen molar-refractivity contribution in [2.45, 2.75) is 31.8 Å². The van der Waals surface area contributed by atoms with E-state index in [2.05, 4.69) is 15.3 Å². The maximum absolute atomic E-state index is 10.7. The second-order valence-electron chi connectivity index (χ2n) is 4.79. The van der Waals surface area contributed by atoms with E-state index in [0.29, 0.717) is 5.16 Å². The lowest BCUT2D eigenvalue weighted by atomic mass is 10.2. The van der Waals surface area contributed by atoms with Crippen molar-refractivity contribution < 1.29 is 9.90 Å². The minimum absolute atomic E-state index is 0.0461. The molecule has 0 aliphatic rings. The summed E-state index contributed by atoms with van der Waals surface area (Å²) in [5, 5.41) is 22.0. The molecule has 0 radical (unpaired) electrons. The number of carboxylic acids is 1. The number of hydrogen-bond donors (Lipinski definition) is 1. The molecule has 0 spiro atoms. The molecule has 7 nitrogen and oxygen atoms in total. The van der Waals surface area contributed by atoms with Crippen LogP contribution in [0.3, 0.4) is 0 Å². The van der Waals surface area contributed by atoms with Gasteiger partial charge in [0.25, 0.3) is 0 Å². The molecule has 0 aliphatic carbocycles. The van der Waals surface area contributed by atoms with Crippen molar-refractivity contribution in [2.24, 2.45) is 7.05 Å². The number of hydrogen-bond acceptors (Lipinski definition) is 5. The maximum Gasteiger partial charge on any atom is 0.313 e. The van der Waals surface area contributed by atoms with E-state index in [1.54, 1.807) is 4.68 Å². The number of rotatable bonds is 5. The fourth-order valence-electron chi connectivity index (χ4n) is 1.91. The Morgan fingerprint density at radius 1 is 1.45 bits per heavy atom. The summed E-state index contributed by atoms with van der Waals surface area (Å²) in [6.07, 6.45) is 1.88. The van der Waals surface area contributed by atoms with E-state index in [1.165, 1.54) is 0 Å². The first-order valence-corrected chi connectivity index (χ1v) is 7.19. The van der Waals surface area contributed by atoms with E-state index in [4.69, 9.17) is 5.11 Å². The number of thioether (sulfide) groups is 1. The highest BCUT2D eigenvalue weighted by Crippen LogP contribution is 2.26. The van der Waals surface area contributed by atoms with Crippen LogP contribution in [0.1, 0.15) is 31.3 Å². The van der Waals surface area contributed by atoms with Crippen molar-refractivity contribution >= 4 is 17.7 Å². The summed E-state index contributed by atoms with van der Waals surface area (Å²) in [7, 11) is 1.85. The summed E-state index contributed by atoms with van der Waals surface area (Å²) >= 11 is 1.16. The molecule has 2 aromatic heterocycles. The van der Waals surface area contributed by atoms with Crippen LogP contribution >= 0.6 is 11.8 Å². The van der Waals surface area contributed by atoms with Gasteiger partial charge in [0.1, 0.15) is 5.82 Å². The first kappa shape index (κ1) is 14.6. The summed E-state index contributed by atoms with van der Waals surface area (Å²) in [5.74, 6) is 0.0593. The number of aromatic nitrogens is 5. The maximum atomic E-state index is 10.7.